The third-order valence-corrected chi connectivity index (χ3v) is 4.42. The lowest BCUT2D eigenvalue weighted by atomic mass is 9.91. The molecule has 3 atom stereocenters. The molecule has 0 aromatic carbocycles. The van der Waals surface area contributed by atoms with E-state index in [-0.39, 0.29) is 6.04 Å². The number of aliphatic carboxylic acids is 1. The van der Waals surface area contributed by atoms with Crippen molar-refractivity contribution in [2.45, 2.75) is 71.9 Å². The number of unbranched alkanes of at least 4 members (excludes halogenated alkanes) is 1. The zero-order chi connectivity index (χ0) is 16.0. The average molecular weight is 298 g/mol. The van der Waals surface area contributed by atoms with Gasteiger partial charge in [0.2, 0.25) is 0 Å². The Balaban J connectivity index is 2.33. The Kier molecular flexibility index (Phi) is 7.14. The van der Waals surface area contributed by atoms with Crippen LogP contribution < -0.4 is 5.32 Å². The molecular formula is C17H34N2O2. The van der Waals surface area contributed by atoms with Gasteiger partial charge in [-0.3, -0.25) is 10.1 Å². The summed E-state index contributed by atoms with van der Waals surface area (Å²) in [5, 5.41) is 12.6. The lowest BCUT2D eigenvalue weighted by molar-refractivity contribution is -0.144. The summed E-state index contributed by atoms with van der Waals surface area (Å²) < 4.78 is 0. The van der Waals surface area contributed by atoms with E-state index in [4.69, 9.17) is 0 Å². The minimum Gasteiger partial charge on any atom is -0.480 e. The maximum absolute atomic E-state index is 11.5. The number of hydrogen-bond acceptors (Lipinski definition) is 3. The fourth-order valence-corrected chi connectivity index (χ4v) is 3.67. The summed E-state index contributed by atoms with van der Waals surface area (Å²) in [6, 6.07) is 0.190. The Labute approximate surface area is 130 Å². The third-order valence-electron chi connectivity index (χ3n) is 4.42. The van der Waals surface area contributed by atoms with Gasteiger partial charge in [-0.25, -0.2) is 0 Å². The quantitative estimate of drug-likeness (QED) is 0.676. The Morgan fingerprint density at radius 2 is 1.86 bits per heavy atom. The molecule has 124 valence electrons. The second-order valence-electron chi connectivity index (χ2n) is 7.60. The molecular weight excluding hydrogens is 264 g/mol. The van der Waals surface area contributed by atoms with Crippen molar-refractivity contribution >= 4 is 5.97 Å². The van der Waals surface area contributed by atoms with Gasteiger partial charge in [0.15, 0.2) is 0 Å². The molecule has 0 aromatic rings. The van der Waals surface area contributed by atoms with Crippen molar-refractivity contribution in [2.75, 3.05) is 19.6 Å². The van der Waals surface area contributed by atoms with Gasteiger partial charge in [0.1, 0.15) is 5.54 Å². The molecule has 0 saturated carbocycles. The van der Waals surface area contributed by atoms with Crippen molar-refractivity contribution in [1.82, 2.24) is 10.2 Å². The van der Waals surface area contributed by atoms with Gasteiger partial charge in [-0.2, -0.15) is 0 Å². The van der Waals surface area contributed by atoms with Gasteiger partial charge in [-0.15, -0.1) is 0 Å². The van der Waals surface area contributed by atoms with Crippen LogP contribution in [0.2, 0.25) is 0 Å². The molecule has 3 unspecified atom stereocenters. The van der Waals surface area contributed by atoms with Crippen LogP contribution in [-0.4, -0.2) is 47.2 Å². The first-order valence-corrected chi connectivity index (χ1v) is 8.46. The number of piperidine rings is 1. The average Bonchev–Trinajstić information content (AvgIpc) is 2.32. The number of rotatable bonds is 8. The minimum absolute atomic E-state index is 0.190. The van der Waals surface area contributed by atoms with Crippen LogP contribution >= 0.6 is 0 Å². The molecule has 21 heavy (non-hydrogen) atoms. The van der Waals surface area contributed by atoms with Gasteiger partial charge < -0.3 is 10.0 Å². The highest BCUT2D eigenvalue weighted by Gasteiger charge is 2.32. The van der Waals surface area contributed by atoms with E-state index in [2.05, 4.69) is 24.1 Å². The van der Waals surface area contributed by atoms with Crippen LogP contribution in [0.1, 0.15) is 60.3 Å². The van der Waals surface area contributed by atoms with Crippen molar-refractivity contribution in [2.24, 2.45) is 11.8 Å². The van der Waals surface area contributed by atoms with Gasteiger partial charge in [-0.05, 0) is 64.8 Å². The standard InChI is InChI=1S/C17H34N2O2/c1-13(2)18-17(5,16(20)21)8-6-7-9-19-11-14(3)10-15(4)12-19/h13-15,18H,6-12H2,1-5H3,(H,20,21). The van der Waals surface area contributed by atoms with Crippen LogP contribution in [0.25, 0.3) is 0 Å². The summed E-state index contributed by atoms with van der Waals surface area (Å²) in [6.07, 6.45) is 4.08. The van der Waals surface area contributed by atoms with Gasteiger partial charge >= 0.3 is 5.97 Å². The second kappa shape index (κ2) is 8.14. The van der Waals surface area contributed by atoms with Crippen LogP contribution in [0.15, 0.2) is 0 Å². The van der Waals surface area contributed by atoms with E-state index in [9.17, 15) is 9.90 Å². The number of carboxylic acids is 1. The van der Waals surface area contributed by atoms with Crippen LogP contribution in [0.3, 0.4) is 0 Å². The molecule has 4 nitrogen and oxygen atoms in total. The second-order valence-corrected chi connectivity index (χ2v) is 7.60. The van der Waals surface area contributed by atoms with Gasteiger partial charge in [0, 0.05) is 19.1 Å². The summed E-state index contributed by atoms with van der Waals surface area (Å²) in [4.78, 5) is 14.0. The Bertz CT molecular complexity index is 323. The highest BCUT2D eigenvalue weighted by Crippen LogP contribution is 2.22. The summed E-state index contributed by atoms with van der Waals surface area (Å²) in [6.45, 7) is 14.0. The highest BCUT2D eigenvalue weighted by atomic mass is 16.4. The Morgan fingerprint density at radius 3 is 2.33 bits per heavy atom. The molecule has 1 saturated heterocycles. The molecule has 1 fully saturated rings. The molecule has 4 heteroatoms. The predicted molar refractivity (Wildman–Crippen MR) is 87.5 cm³/mol. The van der Waals surface area contributed by atoms with Crippen LogP contribution in [0.5, 0.6) is 0 Å². The first kappa shape index (κ1) is 18.4. The smallest absolute Gasteiger partial charge is 0.323 e. The van der Waals surface area contributed by atoms with E-state index < -0.39 is 11.5 Å². The normalized spacial score (nSPS) is 26.8. The number of nitrogens with zero attached hydrogens (tertiary/aromatic N) is 1. The van der Waals surface area contributed by atoms with E-state index in [1.165, 1.54) is 19.5 Å². The molecule has 0 amide bonds. The summed E-state index contributed by atoms with van der Waals surface area (Å²) in [5.74, 6) is 0.845. The van der Waals surface area contributed by atoms with Crippen molar-refractivity contribution in [3.63, 3.8) is 0 Å². The number of nitrogens with one attached hydrogen (secondary N) is 1. The molecule has 2 N–H and O–H groups in total. The zero-order valence-corrected chi connectivity index (χ0v) is 14.5. The largest absolute Gasteiger partial charge is 0.480 e. The molecule has 0 spiro atoms. The van der Waals surface area contributed by atoms with Gasteiger partial charge in [0.05, 0.1) is 0 Å². The van der Waals surface area contributed by atoms with Crippen LogP contribution in [0.4, 0.5) is 0 Å². The van der Waals surface area contributed by atoms with Crippen LogP contribution in [0, 0.1) is 11.8 Å². The maximum Gasteiger partial charge on any atom is 0.323 e. The van der Waals surface area contributed by atoms with E-state index >= 15 is 0 Å². The monoisotopic (exact) mass is 298 g/mol. The highest BCUT2D eigenvalue weighted by molar-refractivity contribution is 5.78. The maximum atomic E-state index is 11.5. The molecule has 1 heterocycles. The van der Waals surface area contributed by atoms with E-state index in [1.807, 2.05) is 13.8 Å². The van der Waals surface area contributed by atoms with Crippen molar-refractivity contribution in [1.29, 1.82) is 0 Å². The lowest BCUT2D eigenvalue weighted by Gasteiger charge is -2.35. The fraction of sp³-hybridized carbons (Fsp3) is 0.941. The van der Waals surface area contributed by atoms with Gasteiger partial charge in [0.25, 0.3) is 0 Å². The minimum atomic E-state index is -0.795. The van der Waals surface area contributed by atoms with E-state index in [1.54, 1.807) is 6.92 Å². The first-order valence-electron chi connectivity index (χ1n) is 8.46. The van der Waals surface area contributed by atoms with Crippen molar-refractivity contribution in [3.05, 3.63) is 0 Å². The molecule has 1 aliphatic heterocycles. The summed E-state index contributed by atoms with van der Waals surface area (Å²) in [5.41, 5.74) is -0.795. The molecule has 1 aliphatic rings. The molecule has 0 aliphatic carbocycles. The predicted octanol–water partition coefficient (Wildman–Crippen LogP) is 2.98. The molecule has 0 radical (unpaired) electrons. The first-order chi connectivity index (χ1) is 9.73. The lowest BCUT2D eigenvalue weighted by Crippen LogP contribution is -2.52. The fourth-order valence-electron chi connectivity index (χ4n) is 3.67. The van der Waals surface area contributed by atoms with Crippen LogP contribution in [-0.2, 0) is 4.79 Å². The summed E-state index contributed by atoms with van der Waals surface area (Å²) in [7, 11) is 0. The molecule has 0 aromatic heterocycles. The summed E-state index contributed by atoms with van der Waals surface area (Å²) >= 11 is 0. The zero-order valence-electron chi connectivity index (χ0n) is 14.5. The van der Waals surface area contributed by atoms with E-state index in [0.717, 1.165) is 31.2 Å². The Hall–Kier alpha value is -0.610. The molecule has 0 bridgehead atoms. The molecule has 1 rings (SSSR count). The van der Waals surface area contributed by atoms with Crippen molar-refractivity contribution in [3.8, 4) is 0 Å². The van der Waals surface area contributed by atoms with E-state index in [0.29, 0.717) is 6.42 Å². The SMILES string of the molecule is CC1CC(C)CN(CCCCC(C)(NC(C)C)C(=O)O)C1. The number of carbonyl (C=O) groups is 1. The number of likely N-dealkylation sites (tertiary alicyclic amines) is 1. The topological polar surface area (TPSA) is 52.6 Å². The van der Waals surface area contributed by atoms with Crippen molar-refractivity contribution < 1.29 is 9.90 Å². The number of hydrogen-bond donors (Lipinski definition) is 2. The number of carboxylic acid groups (broad SMARTS) is 1. The third kappa shape index (κ3) is 6.35. The Morgan fingerprint density at radius 1 is 1.29 bits per heavy atom. The van der Waals surface area contributed by atoms with Gasteiger partial charge in [-0.1, -0.05) is 13.8 Å².